The van der Waals surface area contributed by atoms with E-state index in [0.717, 1.165) is 18.6 Å². The van der Waals surface area contributed by atoms with E-state index in [2.05, 4.69) is 4.98 Å². The number of halogens is 4. The van der Waals surface area contributed by atoms with E-state index < -0.39 is 17.6 Å². The molecule has 8 heteroatoms. The summed E-state index contributed by atoms with van der Waals surface area (Å²) in [6.07, 6.45) is -0.329. The van der Waals surface area contributed by atoms with Crippen LogP contribution in [0, 0.1) is 0 Å². The number of piperidine rings is 1. The zero-order valence-electron chi connectivity index (χ0n) is 13.7. The van der Waals surface area contributed by atoms with E-state index in [4.69, 9.17) is 16.3 Å². The van der Waals surface area contributed by atoms with Crippen LogP contribution in [0.3, 0.4) is 0 Å². The van der Waals surface area contributed by atoms with E-state index in [9.17, 15) is 18.0 Å². The van der Waals surface area contributed by atoms with Gasteiger partial charge in [-0.15, -0.1) is 0 Å². The molecule has 138 valence electrons. The van der Waals surface area contributed by atoms with E-state index in [0.29, 0.717) is 23.7 Å². The van der Waals surface area contributed by atoms with Gasteiger partial charge < -0.3 is 9.64 Å². The number of amides is 1. The second-order valence-electron chi connectivity index (χ2n) is 6.02. The Kier molecular flexibility index (Phi) is 5.36. The van der Waals surface area contributed by atoms with E-state index >= 15 is 0 Å². The summed E-state index contributed by atoms with van der Waals surface area (Å²) < 4.78 is 44.4. The highest BCUT2D eigenvalue weighted by atomic mass is 35.5. The highest BCUT2D eigenvalue weighted by Crippen LogP contribution is 2.30. The van der Waals surface area contributed by atoms with Crippen molar-refractivity contribution >= 4 is 17.5 Å². The van der Waals surface area contributed by atoms with E-state index in [1.165, 1.54) is 23.2 Å². The van der Waals surface area contributed by atoms with Crippen LogP contribution in [0.25, 0.3) is 0 Å². The number of aromatic nitrogens is 1. The number of carbonyl (C=O) groups excluding carboxylic acids is 1. The lowest BCUT2D eigenvalue weighted by atomic mass is 10.0. The zero-order valence-corrected chi connectivity index (χ0v) is 14.4. The van der Waals surface area contributed by atoms with Gasteiger partial charge in [-0.05, 0) is 31.0 Å². The van der Waals surface area contributed by atoms with Gasteiger partial charge in [0.2, 0.25) is 0 Å². The molecule has 0 bridgehead atoms. The third-order valence-corrected chi connectivity index (χ3v) is 4.41. The number of rotatable bonds is 3. The lowest BCUT2D eigenvalue weighted by molar-refractivity contribution is -0.137. The minimum atomic E-state index is -4.48. The number of alkyl halides is 3. The Morgan fingerprint density at radius 3 is 2.85 bits per heavy atom. The molecule has 1 amide bonds. The Hall–Kier alpha value is -2.28. The summed E-state index contributed by atoms with van der Waals surface area (Å²) in [7, 11) is 0. The second kappa shape index (κ2) is 7.53. The first kappa shape index (κ1) is 18.5. The number of hydrogen-bond acceptors (Lipinski definition) is 3. The minimum absolute atomic E-state index is 0.0161. The lowest BCUT2D eigenvalue weighted by Gasteiger charge is -2.33. The average molecular weight is 385 g/mol. The molecule has 1 aromatic heterocycles. The molecule has 1 fully saturated rings. The molecule has 0 N–H and O–H groups in total. The fraction of sp³-hybridized carbons (Fsp3) is 0.333. The molecule has 26 heavy (non-hydrogen) atoms. The first-order valence-electron chi connectivity index (χ1n) is 8.07. The predicted molar refractivity (Wildman–Crippen MR) is 90.2 cm³/mol. The average Bonchev–Trinajstić information content (AvgIpc) is 2.63. The Morgan fingerprint density at radius 2 is 2.12 bits per heavy atom. The SMILES string of the molecule is O=C(c1cccc(C(F)(F)F)c1)N1CCCC(Oc2ccncc2Cl)C1. The highest BCUT2D eigenvalue weighted by Gasteiger charge is 2.32. The topological polar surface area (TPSA) is 42.4 Å². The van der Waals surface area contributed by atoms with E-state index in [1.54, 1.807) is 12.3 Å². The molecule has 0 radical (unpaired) electrons. The second-order valence-corrected chi connectivity index (χ2v) is 6.43. The highest BCUT2D eigenvalue weighted by molar-refractivity contribution is 6.31. The smallest absolute Gasteiger partial charge is 0.416 e. The molecule has 3 rings (SSSR count). The van der Waals surface area contributed by atoms with Crippen molar-refractivity contribution in [2.75, 3.05) is 13.1 Å². The molecule has 1 aromatic carbocycles. The van der Waals surface area contributed by atoms with Crippen LogP contribution < -0.4 is 4.74 Å². The third-order valence-electron chi connectivity index (χ3n) is 4.13. The minimum Gasteiger partial charge on any atom is -0.487 e. The van der Waals surface area contributed by atoms with Gasteiger partial charge >= 0.3 is 6.18 Å². The molecule has 4 nitrogen and oxygen atoms in total. The van der Waals surface area contributed by atoms with Crippen molar-refractivity contribution in [3.63, 3.8) is 0 Å². The number of hydrogen-bond donors (Lipinski definition) is 0. The maximum atomic E-state index is 12.9. The van der Waals surface area contributed by atoms with Crippen LogP contribution in [-0.4, -0.2) is 35.0 Å². The van der Waals surface area contributed by atoms with Crippen LogP contribution in [0.4, 0.5) is 13.2 Å². The summed E-state index contributed by atoms with van der Waals surface area (Å²) in [5.74, 6) is 0.0326. The van der Waals surface area contributed by atoms with Gasteiger partial charge in [-0.1, -0.05) is 17.7 Å². The van der Waals surface area contributed by atoms with Crippen molar-refractivity contribution in [3.8, 4) is 5.75 Å². The number of nitrogens with zero attached hydrogens (tertiary/aromatic N) is 2. The van der Waals surface area contributed by atoms with Gasteiger partial charge in [0.05, 0.1) is 12.1 Å². The Labute approximate surface area is 153 Å². The summed E-state index contributed by atoms with van der Waals surface area (Å²) in [5.41, 5.74) is -0.820. The lowest BCUT2D eigenvalue weighted by Crippen LogP contribution is -2.44. The molecular formula is C18H16ClF3N2O2. The quantitative estimate of drug-likeness (QED) is 0.785. The predicted octanol–water partition coefficient (Wildman–Crippen LogP) is 4.44. The number of carbonyl (C=O) groups is 1. The van der Waals surface area contributed by atoms with Gasteiger partial charge in [-0.3, -0.25) is 9.78 Å². The molecule has 2 aromatic rings. The zero-order chi connectivity index (χ0) is 18.7. The van der Waals surface area contributed by atoms with Gasteiger partial charge in [-0.25, -0.2) is 0 Å². The fourth-order valence-electron chi connectivity index (χ4n) is 2.87. The first-order chi connectivity index (χ1) is 12.3. The van der Waals surface area contributed by atoms with Gasteiger partial charge in [0.1, 0.15) is 16.9 Å². The summed E-state index contributed by atoms with van der Waals surface area (Å²) in [6.45, 7) is 0.757. The van der Waals surface area contributed by atoms with Gasteiger partial charge in [0, 0.05) is 30.6 Å². The molecule has 0 aliphatic carbocycles. The Morgan fingerprint density at radius 1 is 1.31 bits per heavy atom. The van der Waals surface area contributed by atoms with Crippen LogP contribution in [0.1, 0.15) is 28.8 Å². The monoisotopic (exact) mass is 384 g/mol. The number of ether oxygens (including phenoxy) is 1. The molecule has 1 unspecified atom stereocenters. The molecule has 1 saturated heterocycles. The van der Waals surface area contributed by atoms with E-state index in [-0.39, 0.29) is 18.2 Å². The first-order valence-corrected chi connectivity index (χ1v) is 8.45. The van der Waals surface area contributed by atoms with Crippen molar-refractivity contribution in [2.45, 2.75) is 25.1 Å². The van der Waals surface area contributed by atoms with Crippen molar-refractivity contribution < 1.29 is 22.7 Å². The van der Waals surface area contributed by atoms with Crippen molar-refractivity contribution in [3.05, 3.63) is 58.9 Å². The van der Waals surface area contributed by atoms with Crippen molar-refractivity contribution in [1.29, 1.82) is 0 Å². The molecular weight excluding hydrogens is 369 g/mol. The van der Waals surface area contributed by atoms with Crippen LogP contribution in [0.15, 0.2) is 42.7 Å². The molecule has 1 aliphatic rings. The Bertz CT molecular complexity index is 798. The molecule has 2 heterocycles. The van der Waals surface area contributed by atoms with Gasteiger partial charge in [-0.2, -0.15) is 13.2 Å². The van der Waals surface area contributed by atoms with Crippen molar-refractivity contribution in [2.24, 2.45) is 0 Å². The Balaban J connectivity index is 1.71. The molecule has 1 aliphatic heterocycles. The van der Waals surface area contributed by atoms with Crippen LogP contribution in [0.5, 0.6) is 5.75 Å². The normalized spacial score (nSPS) is 17.8. The van der Waals surface area contributed by atoms with Gasteiger partial charge in [0.15, 0.2) is 0 Å². The third kappa shape index (κ3) is 4.27. The summed E-state index contributed by atoms with van der Waals surface area (Å²) in [4.78, 5) is 18.0. The summed E-state index contributed by atoms with van der Waals surface area (Å²) in [6, 6.07) is 6.10. The number of likely N-dealkylation sites (tertiary alicyclic amines) is 1. The van der Waals surface area contributed by atoms with Crippen molar-refractivity contribution in [1.82, 2.24) is 9.88 Å². The van der Waals surface area contributed by atoms with Crippen LogP contribution >= 0.6 is 11.6 Å². The number of pyridine rings is 1. The fourth-order valence-corrected chi connectivity index (χ4v) is 3.03. The molecule has 0 saturated carbocycles. The molecule has 0 spiro atoms. The van der Waals surface area contributed by atoms with Gasteiger partial charge in [0.25, 0.3) is 5.91 Å². The largest absolute Gasteiger partial charge is 0.487 e. The summed E-state index contributed by atoms with van der Waals surface area (Å²) in [5, 5.41) is 0.369. The molecule has 1 atom stereocenters. The standard InChI is InChI=1S/C18H16ClF3N2O2/c19-15-10-23-7-6-16(15)26-14-5-2-8-24(11-14)17(25)12-3-1-4-13(9-12)18(20,21)22/h1,3-4,6-7,9-10,14H,2,5,8,11H2. The van der Waals surface area contributed by atoms with E-state index in [1.807, 2.05) is 0 Å². The maximum Gasteiger partial charge on any atom is 0.416 e. The van der Waals surface area contributed by atoms with Crippen LogP contribution in [-0.2, 0) is 6.18 Å². The summed E-state index contributed by atoms with van der Waals surface area (Å²) >= 11 is 6.02. The van der Waals surface area contributed by atoms with Crippen LogP contribution in [0.2, 0.25) is 5.02 Å². The number of benzene rings is 1. The maximum absolute atomic E-state index is 12.9.